The normalized spacial score (nSPS) is 14.8. The number of carbonyl (C=O) groups is 1. The largest absolute Gasteiger partial charge is 0.444 e. The number of rotatable bonds is 5. The summed E-state index contributed by atoms with van der Waals surface area (Å²) in [5.41, 5.74) is 9.03. The molecular formula is C23H35IN6O2. The third kappa shape index (κ3) is 7.39. The van der Waals surface area contributed by atoms with Gasteiger partial charge in [0, 0.05) is 38.9 Å². The van der Waals surface area contributed by atoms with Gasteiger partial charge in [-0.3, -0.25) is 4.99 Å². The number of nitrogens with two attached hydrogens (primary N) is 1. The van der Waals surface area contributed by atoms with Gasteiger partial charge >= 0.3 is 6.09 Å². The van der Waals surface area contributed by atoms with E-state index in [9.17, 15) is 4.79 Å². The minimum absolute atomic E-state index is 0. The Bertz CT molecular complexity index is 899. The first-order valence-corrected chi connectivity index (χ1v) is 10.9. The van der Waals surface area contributed by atoms with Crippen LogP contribution in [0, 0.1) is 6.92 Å². The van der Waals surface area contributed by atoms with Crippen molar-refractivity contribution in [3.05, 3.63) is 47.8 Å². The first-order chi connectivity index (χ1) is 14.7. The molecule has 0 bridgehead atoms. The van der Waals surface area contributed by atoms with Gasteiger partial charge in [0.25, 0.3) is 0 Å². The number of hydrogen-bond donors (Lipinski definition) is 1. The number of aromatic nitrogens is 2. The number of benzene rings is 1. The number of aliphatic imine (C=N–C) groups is 1. The van der Waals surface area contributed by atoms with Crippen LogP contribution in [0.1, 0.15) is 38.4 Å². The monoisotopic (exact) mass is 554 g/mol. The molecule has 0 unspecified atom stereocenters. The maximum Gasteiger partial charge on any atom is 0.410 e. The van der Waals surface area contributed by atoms with Gasteiger partial charge in [0.2, 0.25) is 0 Å². The van der Waals surface area contributed by atoms with Gasteiger partial charge in [0.15, 0.2) is 5.96 Å². The smallest absolute Gasteiger partial charge is 0.410 e. The highest BCUT2D eigenvalue weighted by Gasteiger charge is 2.26. The molecule has 1 aliphatic heterocycles. The number of ether oxygens (including phenoxy) is 1. The number of amides is 1. The summed E-state index contributed by atoms with van der Waals surface area (Å²) >= 11 is 0. The highest BCUT2D eigenvalue weighted by molar-refractivity contribution is 14.0. The van der Waals surface area contributed by atoms with Gasteiger partial charge in [-0.15, -0.1) is 24.0 Å². The molecule has 176 valence electrons. The summed E-state index contributed by atoms with van der Waals surface area (Å²) in [5, 5.41) is 4.62. The molecule has 1 saturated heterocycles. The highest BCUT2D eigenvalue weighted by Crippen LogP contribution is 2.14. The van der Waals surface area contributed by atoms with Gasteiger partial charge < -0.3 is 20.3 Å². The van der Waals surface area contributed by atoms with Crippen molar-refractivity contribution in [2.75, 3.05) is 32.7 Å². The van der Waals surface area contributed by atoms with Crippen LogP contribution >= 0.6 is 24.0 Å². The molecule has 1 fully saturated rings. The van der Waals surface area contributed by atoms with E-state index in [0.717, 1.165) is 24.2 Å². The molecule has 0 saturated carbocycles. The number of hydrogen-bond acceptors (Lipinski definition) is 4. The molecule has 0 radical (unpaired) electrons. The van der Waals surface area contributed by atoms with Crippen molar-refractivity contribution in [3.8, 4) is 5.69 Å². The maximum atomic E-state index is 12.2. The fourth-order valence-corrected chi connectivity index (χ4v) is 3.46. The molecule has 0 spiro atoms. The predicted molar refractivity (Wildman–Crippen MR) is 138 cm³/mol. The SMILES string of the molecule is Cc1nn(-c2ccccc2)cc1CCCN=C(N)N1CCN(C(=O)OC(C)(C)C)CC1.I. The molecule has 1 amide bonds. The fourth-order valence-electron chi connectivity index (χ4n) is 3.46. The van der Waals surface area contributed by atoms with Crippen LogP contribution in [-0.4, -0.2) is 70.0 Å². The molecule has 2 heterocycles. The van der Waals surface area contributed by atoms with E-state index in [1.165, 1.54) is 5.56 Å². The van der Waals surface area contributed by atoms with Crippen molar-refractivity contribution in [3.63, 3.8) is 0 Å². The van der Waals surface area contributed by atoms with Crippen molar-refractivity contribution >= 4 is 36.0 Å². The second-order valence-corrected chi connectivity index (χ2v) is 8.82. The molecule has 2 aromatic rings. The van der Waals surface area contributed by atoms with Crippen molar-refractivity contribution < 1.29 is 9.53 Å². The summed E-state index contributed by atoms with van der Waals surface area (Å²) in [5.74, 6) is 0.542. The number of carbonyl (C=O) groups excluding carboxylic acids is 1. The Morgan fingerprint density at radius 3 is 2.38 bits per heavy atom. The topological polar surface area (TPSA) is 89.0 Å². The van der Waals surface area contributed by atoms with E-state index in [0.29, 0.717) is 38.7 Å². The fraction of sp³-hybridized carbons (Fsp3) is 0.522. The van der Waals surface area contributed by atoms with Crippen LogP contribution in [0.2, 0.25) is 0 Å². The average Bonchev–Trinajstić information content (AvgIpc) is 3.11. The van der Waals surface area contributed by atoms with Crippen molar-refractivity contribution in [2.24, 2.45) is 10.7 Å². The third-order valence-electron chi connectivity index (χ3n) is 5.15. The number of guanidine groups is 1. The van der Waals surface area contributed by atoms with Crippen LogP contribution in [0.15, 0.2) is 41.5 Å². The zero-order chi connectivity index (χ0) is 22.4. The van der Waals surface area contributed by atoms with E-state index < -0.39 is 5.60 Å². The van der Waals surface area contributed by atoms with Crippen LogP contribution in [0.5, 0.6) is 0 Å². The van der Waals surface area contributed by atoms with Crippen molar-refractivity contribution in [1.82, 2.24) is 19.6 Å². The molecule has 9 heteroatoms. The molecule has 1 aliphatic rings. The Kier molecular flexibility index (Phi) is 9.35. The average molecular weight is 554 g/mol. The highest BCUT2D eigenvalue weighted by atomic mass is 127. The molecule has 1 aromatic heterocycles. The van der Waals surface area contributed by atoms with Gasteiger partial charge in [-0.25, -0.2) is 9.48 Å². The quantitative estimate of drug-likeness (QED) is 0.264. The number of piperazine rings is 1. The van der Waals surface area contributed by atoms with Gasteiger partial charge in [-0.05, 0) is 58.2 Å². The Labute approximate surface area is 207 Å². The van der Waals surface area contributed by atoms with Gasteiger partial charge in [-0.1, -0.05) is 18.2 Å². The zero-order valence-corrected chi connectivity index (χ0v) is 21.8. The third-order valence-corrected chi connectivity index (χ3v) is 5.15. The maximum absolute atomic E-state index is 12.2. The minimum atomic E-state index is -0.481. The Hall–Kier alpha value is -2.30. The Morgan fingerprint density at radius 2 is 1.75 bits per heavy atom. The molecule has 1 aromatic carbocycles. The van der Waals surface area contributed by atoms with Crippen LogP contribution in [0.3, 0.4) is 0 Å². The van der Waals surface area contributed by atoms with E-state index in [-0.39, 0.29) is 30.1 Å². The minimum Gasteiger partial charge on any atom is -0.444 e. The molecule has 0 aliphatic carbocycles. The van der Waals surface area contributed by atoms with Crippen molar-refractivity contribution in [1.29, 1.82) is 0 Å². The summed E-state index contributed by atoms with van der Waals surface area (Å²) in [7, 11) is 0. The van der Waals surface area contributed by atoms with E-state index in [1.54, 1.807) is 4.90 Å². The van der Waals surface area contributed by atoms with Gasteiger partial charge in [0.1, 0.15) is 5.60 Å². The number of aryl methyl sites for hydroxylation is 2. The van der Waals surface area contributed by atoms with E-state index in [4.69, 9.17) is 10.5 Å². The molecule has 2 N–H and O–H groups in total. The van der Waals surface area contributed by atoms with E-state index in [1.807, 2.05) is 67.6 Å². The van der Waals surface area contributed by atoms with Crippen molar-refractivity contribution in [2.45, 2.75) is 46.1 Å². The zero-order valence-electron chi connectivity index (χ0n) is 19.5. The summed E-state index contributed by atoms with van der Waals surface area (Å²) in [4.78, 5) is 20.5. The summed E-state index contributed by atoms with van der Waals surface area (Å²) in [6.45, 7) is 10.8. The number of halogens is 1. The molecule has 3 rings (SSSR count). The van der Waals surface area contributed by atoms with Crippen LogP contribution < -0.4 is 5.73 Å². The summed E-state index contributed by atoms with van der Waals surface area (Å²) in [6, 6.07) is 10.1. The van der Waals surface area contributed by atoms with E-state index >= 15 is 0 Å². The predicted octanol–water partition coefficient (Wildman–Crippen LogP) is 3.60. The summed E-state index contributed by atoms with van der Waals surface area (Å²) in [6.07, 6.45) is 3.63. The van der Waals surface area contributed by atoms with Crippen LogP contribution in [-0.2, 0) is 11.2 Å². The molecule has 32 heavy (non-hydrogen) atoms. The van der Waals surface area contributed by atoms with Crippen LogP contribution in [0.4, 0.5) is 4.79 Å². The molecule has 0 atom stereocenters. The lowest BCUT2D eigenvalue weighted by Gasteiger charge is -2.36. The first kappa shape index (κ1) is 26.0. The molecule has 8 nitrogen and oxygen atoms in total. The lowest BCUT2D eigenvalue weighted by molar-refractivity contribution is 0.0186. The van der Waals surface area contributed by atoms with Crippen LogP contribution in [0.25, 0.3) is 5.69 Å². The first-order valence-electron chi connectivity index (χ1n) is 10.9. The second kappa shape index (κ2) is 11.5. The number of nitrogens with zero attached hydrogens (tertiary/aromatic N) is 5. The standard InChI is InChI=1S/C23H34N6O2.HI/c1-18-19(17-29(26-18)20-10-6-5-7-11-20)9-8-12-25-21(24)27-13-15-28(16-14-27)22(30)31-23(2,3)4;/h5-7,10-11,17H,8-9,12-16H2,1-4H3,(H2,24,25);1H. The second-order valence-electron chi connectivity index (χ2n) is 8.82. The van der Waals surface area contributed by atoms with Gasteiger partial charge in [-0.2, -0.15) is 5.10 Å². The Morgan fingerprint density at radius 1 is 1.12 bits per heavy atom. The Balaban J connectivity index is 0.00000363. The van der Waals surface area contributed by atoms with Gasteiger partial charge in [0.05, 0.1) is 11.4 Å². The number of para-hydroxylation sites is 1. The lowest BCUT2D eigenvalue weighted by atomic mass is 10.1. The molecular weight excluding hydrogens is 519 g/mol. The van der Waals surface area contributed by atoms with E-state index in [2.05, 4.69) is 16.3 Å². The lowest BCUT2D eigenvalue weighted by Crippen LogP contribution is -2.53. The summed E-state index contributed by atoms with van der Waals surface area (Å²) < 4.78 is 7.36.